The molecule has 0 unspecified atom stereocenters. The number of nitrogens with zero attached hydrogens (tertiary/aromatic N) is 2. The van der Waals surface area contributed by atoms with Crippen molar-refractivity contribution in [2.24, 2.45) is 0 Å². The van der Waals surface area contributed by atoms with Gasteiger partial charge < -0.3 is 0 Å². The van der Waals surface area contributed by atoms with Gasteiger partial charge in [0, 0.05) is 0 Å². The van der Waals surface area contributed by atoms with Gasteiger partial charge in [-0.25, -0.2) is 0 Å². The number of rotatable bonds is 1. The van der Waals surface area contributed by atoms with Crippen molar-refractivity contribution < 1.29 is 0 Å². The van der Waals surface area contributed by atoms with Gasteiger partial charge in [-0.3, -0.25) is 0 Å². The summed E-state index contributed by atoms with van der Waals surface area (Å²) in [4.78, 5) is 0. The topological polar surface area (TPSA) is 25.8 Å². The van der Waals surface area contributed by atoms with Gasteiger partial charge in [-0.2, -0.15) is 0 Å². The van der Waals surface area contributed by atoms with Crippen molar-refractivity contribution in [3.05, 3.63) is 32.9 Å². The van der Waals surface area contributed by atoms with Crippen molar-refractivity contribution in [3.8, 4) is 10.1 Å². The first-order chi connectivity index (χ1) is 5.86. The van der Waals surface area contributed by atoms with Crippen LogP contribution in [0.2, 0.25) is 0 Å². The first kappa shape index (κ1) is 8.41. The van der Waals surface area contributed by atoms with E-state index >= 15 is 0 Å². The second-order valence-corrected chi connectivity index (χ2v) is 5.24. The Morgan fingerprint density at radius 2 is 1.92 bits per heavy atom. The minimum atomic E-state index is 0.340. The van der Waals surface area contributed by atoms with Gasteiger partial charge in [0.1, 0.15) is 0 Å². The van der Waals surface area contributed by atoms with Crippen molar-refractivity contribution in [3.63, 3.8) is 0 Å². The summed E-state index contributed by atoms with van der Waals surface area (Å²) in [7, 11) is 0. The van der Waals surface area contributed by atoms with Gasteiger partial charge in [-0.15, -0.1) is 0 Å². The van der Waals surface area contributed by atoms with Crippen LogP contribution in [-0.4, -0.2) is 24.7 Å². The third-order valence-corrected chi connectivity index (χ3v) is 3.72. The van der Waals surface area contributed by atoms with E-state index in [1.54, 1.807) is 0 Å². The van der Waals surface area contributed by atoms with E-state index in [-0.39, 0.29) is 0 Å². The van der Waals surface area contributed by atoms with Gasteiger partial charge in [0.25, 0.3) is 0 Å². The minimum absolute atomic E-state index is 0.340. The number of benzene rings is 1. The molecule has 0 aliphatic heterocycles. The van der Waals surface area contributed by atoms with E-state index in [2.05, 4.69) is 57.1 Å². The first-order valence-corrected chi connectivity index (χ1v) is 6.31. The SMILES string of the molecule is Ic1ccc(-c2nnc[se]2)cc1. The van der Waals surface area contributed by atoms with Crippen LogP contribution in [0.25, 0.3) is 10.1 Å². The zero-order valence-corrected chi connectivity index (χ0v) is 9.94. The molecule has 1 heterocycles. The van der Waals surface area contributed by atoms with E-state index in [0.29, 0.717) is 14.5 Å². The maximum atomic E-state index is 4.05. The van der Waals surface area contributed by atoms with Crippen LogP contribution in [0.1, 0.15) is 0 Å². The zero-order valence-electron chi connectivity index (χ0n) is 6.07. The summed E-state index contributed by atoms with van der Waals surface area (Å²) < 4.78 is 2.38. The zero-order chi connectivity index (χ0) is 8.39. The molecule has 60 valence electrons. The molecule has 0 atom stereocenters. The van der Waals surface area contributed by atoms with E-state index in [1.807, 2.05) is 5.07 Å². The van der Waals surface area contributed by atoms with Gasteiger partial charge in [-0.05, 0) is 0 Å². The molecule has 0 amide bonds. The molecule has 12 heavy (non-hydrogen) atoms. The van der Waals surface area contributed by atoms with Crippen LogP contribution in [0.4, 0.5) is 0 Å². The van der Waals surface area contributed by atoms with Crippen molar-refractivity contribution in [2.45, 2.75) is 0 Å². The maximum absolute atomic E-state index is 4.05. The van der Waals surface area contributed by atoms with Gasteiger partial charge in [0.05, 0.1) is 0 Å². The Balaban J connectivity index is 2.43. The van der Waals surface area contributed by atoms with Gasteiger partial charge in [0.2, 0.25) is 0 Å². The Morgan fingerprint density at radius 1 is 1.17 bits per heavy atom. The predicted molar refractivity (Wildman–Crippen MR) is 57.1 cm³/mol. The fourth-order valence-electron chi connectivity index (χ4n) is 0.891. The monoisotopic (exact) mass is 336 g/mol. The molecule has 0 radical (unpaired) electrons. The van der Waals surface area contributed by atoms with Crippen LogP contribution in [0, 0.1) is 3.57 Å². The van der Waals surface area contributed by atoms with Gasteiger partial charge >= 0.3 is 90.3 Å². The Kier molecular flexibility index (Phi) is 2.58. The van der Waals surface area contributed by atoms with Crippen LogP contribution in [0.5, 0.6) is 0 Å². The molecule has 4 heteroatoms. The second-order valence-electron chi connectivity index (χ2n) is 2.25. The van der Waals surface area contributed by atoms with Crippen molar-refractivity contribution >= 4 is 37.1 Å². The molecule has 0 aliphatic rings. The van der Waals surface area contributed by atoms with Gasteiger partial charge in [-0.1, -0.05) is 0 Å². The average Bonchev–Trinajstić information content (AvgIpc) is 2.58. The molecule has 1 aromatic carbocycles. The summed E-state index contributed by atoms with van der Waals surface area (Å²) in [5.74, 6) is 0. The normalized spacial score (nSPS) is 10.1. The number of hydrogen-bond donors (Lipinski definition) is 0. The molecule has 2 nitrogen and oxygen atoms in total. The number of halogens is 1. The average molecular weight is 335 g/mol. The fraction of sp³-hybridized carbons (Fsp3) is 0. The van der Waals surface area contributed by atoms with Crippen LogP contribution in [0.15, 0.2) is 29.3 Å². The van der Waals surface area contributed by atoms with E-state index in [4.69, 9.17) is 0 Å². The molecule has 0 fully saturated rings. The number of aromatic nitrogens is 2. The van der Waals surface area contributed by atoms with Gasteiger partial charge in [0.15, 0.2) is 0 Å². The summed E-state index contributed by atoms with van der Waals surface area (Å²) in [6.07, 6.45) is 0. The van der Waals surface area contributed by atoms with Crippen LogP contribution < -0.4 is 0 Å². The molecule has 0 aliphatic carbocycles. The quantitative estimate of drug-likeness (QED) is 0.587. The summed E-state index contributed by atoms with van der Waals surface area (Å²) in [5.41, 5.74) is 1.20. The molecule has 0 N–H and O–H groups in total. The summed E-state index contributed by atoms with van der Waals surface area (Å²) >= 11 is 2.63. The predicted octanol–water partition coefficient (Wildman–Crippen LogP) is 1.81. The molecule has 0 saturated carbocycles. The third kappa shape index (κ3) is 1.76. The second kappa shape index (κ2) is 3.68. The van der Waals surface area contributed by atoms with Crippen LogP contribution >= 0.6 is 22.6 Å². The molecule has 0 saturated heterocycles. The molecular formula is C8H5IN2Se. The van der Waals surface area contributed by atoms with E-state index < -0.39 is 0 Å². The summed E-state index contributed by atoms with van der Waals surface area (Å²) in [6, 6.07) is 8.37. The Labute approximate surface area is 89.9 Å². The summed E-state index contributed by atoms with van der Waals surface area (Å²) in [5, 5.41) is 9.79. The molecule has 0 spiro atoms. The Bertz CT molecular complexity index is 355. The van der Waals surface area contributed by atoms with E-state index in [1.165, 1.54) is 9.13 Å². The van der Waals surface area contributed by atoms with Crippen molar-refractivity contribution in [1.29, 1.82) is 0 Å². The standard InChI is InChI=1S/C8H5IN2Se/c9-7-3-1-6(2-4-7)8-11-10-5-12-8/h1-5H. The molecule has 2 rings (SSSR count). The summed E-state index contributed by atoms with van der Waals surface area (Å²) in [6.45, 7) is 0. The van der Waals surface area contributed by atoms with E-state index in [0.717, 1.165) is 4.57 Å². The molecular weight excluding hydrogens is 330 g/mol. The third-order valence-electron chi connectivity index (χ3n) is 1.45. The molecule has 2 aromatic rings. The van der Waals surface area contributed by atoms with Crippen LogP contribution in [0.3, 0.4) is 0 Å². The van der Waals surface area contributed by atoms with Crippen LogP contribution in [-0.2, 0) is 0 Å². The van der Waals surface area contributed by atoms with Crippen molar-refractivity contribution in [2.75, 3.05) is 0 Å². The number of hydrogen-bond acceptors (Lipinski definition) is 2. The molecule has 0 bridgehead atoms. The van der Waals surface area contributed by atoms with Crippen molar-refractivity contribution in [1.82, 2.24) is 10.2 Å². The Morgan fingerprint density at radius 3 is 2.50 bits per heavy atom. The first-order valence-electron chi connectivity index (χ1n) is 3.38. The molecule has 1 aromatic heterocycles. The van der Waals surface area contributed by atoms with E-state index in [9.17, 15) is 0 Å². The Hall–Kier alpha value is -0.191. The fourth-order valence-corrected chi connectivity index (χ4v) is 2.43.